The molecule has 0 bridgehead atoms. The zero-order valence-corrected chi connectivity index (χ0v) is 22.3. The minimum atomic E-state index is -0.816. The molecule has 1 saturated carbocycles. The minimum absolute atomic E-state index is 0.00553. The highest BCUT2D eigenvalue weighted by atomic mass is 16.5. The molecule has 4 atom stereocenters. The molecule has 4 aliphatic rings. The van der Waals surface area contributed by atoms with Crippen molar-refractivity contribution in [3.8, 4) is 5.82 Å². The first kappa shape index (κ1) is 24.9. The molecule has 5 heterocycles. The van der Waals surface area contributed by atoms with Crippen LogP contribution in [-0.2, 0) is 4.74 Å². The smallest absolute Gasteiger partial charge is 0.153 e. The molecule has 1 aliphatic carbocycles. The summed E-state index contributed by atoms with van der Waals surface area (Å²) in [6.07, 6.45) is 11.5. The van der Waals surface area contributed by atoms with Gasteiger partial charge in [-0.25, -0.2) is 9.67 Å². The zero-order chi connectivity index (χ0) is 25.5. The van der Waals surface area contributed by atoms with Crippen molar-refractivity contribution in [2.45, 2.75) is 83.2 Å². The Morgan fingerprint density at radius 2 is 1.86 bits per heavy atom. The zero-order valence-electron chi connectivity index (χ0n) is 22.3. The van der Waals surface area contributed by atoms with Crippen LogP contribution in [0.5, 0.6) is 0 Å². The average Bonchev–Trinajstić information content (AvgIpc) is 3.56. The van der Waals surface area contributed by atoms with E-state index in [0.29, 0.717) is 30.5 Å². The molecule has 6 rings (SSSR count). The largest absolute Gasteiger partial charge is 0.377 e. The van der Waals surface area contributed by atoms with Crippen LogP contribution in [0.4, 0.5) is 0 Å². The molecule has 0 radical (unpaired) electrons. The molecule has 8 nitrogen and oxygen atoms in total. The van der Waals surface area contributed by atoms with E-state index in [1.807, 2.05) is 19.2 Å². The summed E-state index contributed by atoms with van der Waals surface area (Å²) in [5, 5.41) is 18.9. The molecule has 8 heteroatoms. The van der Waals surface area contributed by atoms with E-state index in [4.69, 9.17) is 9.73 Å². The van der Waals surface area contributed by atoms with Crippen LogP contribution in [0.25, 0.3) is 5.82 Å². The van der Waals surface area contributed by atoms with E-state index in [9.17, 15) is 5.11 Å². The second-order valence-corrected chi connectivity index (χ2v) is 11.3. The quantitative estimate of drug-likeness (QED) is 0.559. The van der Waals surface area contributed by atoms with Gasteiger partial charge in [0.15, 0.2) is 5.82 Å². The topological polar surface area (TPSA) is 87.8 Å². The Kier molecular flexibility index (Phi) is 7.01. The summed E-state index contributed by atoms with van der Waals surface area (Å²) in [6.45, 7) is 10.1. The van der Waals surface area contributed by atoms with Crippen molar-refractivity contribution in [3.63, 3.8) is 0 Å². The molecular formula is C29H40N6O2. The summed E-state index contributed by atoms with van der Waals surface area (Å²) in [6, 6.07) is 4.74. The molecule has 3 aliphatic heterocycles. The van der Waals surface area contributed by atoms with Crippen LogP contribution in [0.1, 0.15) is 74.9 Å². The SMILES string of the molecule is CC1=CC(N[C@@H](O)c2cnn(-c3ccc(C4CC4)cn3)c2C)CN=C1C1CCN(C2CCOC2C)CC1. The predicted molar refractivity (Wildman–Crippen MR) is 144 cm³/mol. The molecule has 198 valence electrons. The summed E-state index contributed by atoms with van der Waals surface area (Å²) in [5.74, 6) is 1.99. The van der Waals surface area contributed by atoms with Gasteiger partial charge >= 0.3 is 0 Å². The number of hydrogen-bond acceptors (Lipinski definition) is 7. The van der Waals surface area contributed by atoms with Gasteiger partial charge in [0.05, 0.1) is 24.5 Å². The number of piperidine rings is 1. The summed E-state index contributed by atoms with van der Waals surface area (Å²) in [7, 11) is 0. The minimum Gasteiger partial charge on any atom is -0.377 e. The third kappa shape index (κ3) is 5.17. The van der Waals surface area contributed by atoms with Gasteiger partial charge in [-0.3, -0.25) is 15.2 Å². The van der Waals surface area contributed by atoms with Crippen LogP contribution in [0, 0.1) is 12.8 Å². The first-order chi connectivity index (χ1) is 18.0. The van der Waals surface area contributed by atoms with Gasteiger partial charge in [-0.05, 0) is 89.1 Å². The molecule has 3 fully saturated rings. The van der Waals surface area contributed by atoms with E-state index >= 15 is 0 Å². The number of aromatic nitrogens is 3. The Bertz CT molecular complexity index is 1160. The van der Waals surface area contributed by atoms with Crippen molar-refractivity contribution in [2.75, 3.05) is 26.2 Å². The molecule has 0 amide bonds. The van der Waals surface area contributed by atoms with Gasteiger partial charge in [-0.2, -0.15) is 5.10 Å². The lowest BCUT2D eigenvalue weighted by molar-refractivity contribution is 0.0620. The fourth-order valence-corrected chi connectivity index (χ4v) is 6.41. The van der Waals surface area contributed by atoms with Crippen molar-refractivity contribution in [2.24, 2.45) is 10.9 Å². The third-order valence-electron chi connectivity index (χ3n) is 8.79. The van der Waals surface area contributed by atoms with Gasteiger partial charge in [0, 0.05) is 42.1 Å². The van der Waals surface area contributed by atoms with Crippen LogP contribution in [0.15, 0.2) is 41.2 Å². The highest BCUT2D eigenvalue weighted by Gasteiger charge is 2.34. The maximum Gasteiger partial charge on any atom is 0.153 e. The normalized spacial score (nSPS) is 28.3. The van der Waals surface area contributed by atoms with E-state index in [1.165, 1.54) is 29.7 Å². The predicted octanol–water partition coefficient (Wildman–Crippen LogP) is 3.69. The molecule has 37 heavy (non-hydrogen) atoms. The summed E-state index contributed by atoms with van der Waals surface area (Å²) >= 11 is 0. The number of aliphatic hydroxyl groups excluding tert-OH is 1. The van der Waals surface area contributed by atoms with Gasteiger partial charge in [-0.1, -0.05) is 12.1 Å². The number of allylic oxidation sites excluding steroid dienone is 1. The van der Waals surface area contributed by atoms with Crippen molar-refractivity contribution in [1.29, 1.82) is 0 Å². The van der Waals surface area contributed by atoms with Crippen molar-refractivity contribution >= 4 is 5.71 Å². The maximum absolute atomic E-state index is 11.0. The number of aliphatic imine (C=N–C) groups is 1. The fourth-order valence-electron chi connectivity index (χ4n) is 6.41. The number of dihydropyridines is 1. The van der Waals surface area contributed by atoms with Gasteiger partial charge in [0.2, 0.25) is 0 Å². The molecule has 2 saturated heterocycles. The van der Waals surface area contributed by atoms with Crippen molar-refractivity contribution in [3.05, 3.63) is 53.0 Å². The lowest BCUT2D eigenvalue weighted by Gasteiger charge is -2.38. The average molecular weight is 505 g/mol. The molecule has 2 N–H and O–H groups in total. The van der Waals surface area contributed by atoms with Gasteiger partial charge in [0.25, 0.3) is 0 Å². The molecule has 2 aromatic rings. The van der Waals surface area contributed by atoms with E-state index in [2.05, 4.69) is 46.3 Å². The van der Waals surface area contributed by atoms with Gasteiger partial charge < -0.3 is 9.84 Å². The number of pyridine rings is 1. The fraction of sp³-hybridized carbons (Fsp3) is 0.621. The number of rotatable bonds is 7. The molecular weight excluding hydrogens is 464 g/mol. The van der Waals surface area contributed by atoms with Crippen LogP contribution in [-0.4, -0.2) is 74.9 Å². The Balaban J connectivity index is 1.05. The second-order valence-electron chi connectivity index (χ2n) is 11.3. The van der Waals surface area contributed by atoms with Crippen molar-refractivity contribution in [1.82, 2.24) is 25.0 Å². The number of likely N-dealkylation sites (tertiary alicyclic amines) is 1. The molecule has 0 spiro atoms. The number of aliphatic hydroxyl groups is 1. The first-order valence-corrected chi connectivity index (χ1v) is 14.0. The van der Waals surface area contributed by atoms with Gasteiger partial charge in [0.1, 0.15) is 6.23 Å². The first-order valence-electron chi connectivity index (χ1n) is 14.0. The molecule has 0 aromatic carbocycles. The number of ether oxygens (including phenoxy) is 1. The highest BCUT2D eigenvalue weighted by molar-refractivity contribution is 6.02. The lowest BCUT2D eigenvalue weighted by atomic mass is 9.85. The van der Waals surface area contributed by atoms with Gasteiger partial charge in [-0.15, -0.1) is 0 Å². The van der Waals surface area contributed by atoms with Crippen LogP contribution < -0.4 is 5.32 Å². The maximum atomic E-state index is 11.0. The summed E-state index contributed by atoms with van der Waals surface area (Å²) < 4.78 is 7.59. The van der Waals surface area contributed by atoms with E-state index in [1.54, 1.807) is 10.9 Å². The Hall–Kier alpha value is -2.39. The summed E-state index contributed by atoms with van der Waals surface area (Å²) in [4.78, 5) is 12.2. The number of nitrogens with zero attached hydrogens (tertiary/aromatic N) is 5. The monoisotopic (exact) mass is 504 g/mol. The van der Waals surface area contributed by atoms with Crippen LogP contribution in [0.2, 0.25) is 0 Å². The lowest BCUT2D eigenvalue weighted by Crippen LogP contribution is -2.46. The van der Waals surface area contributed by atoms with Crippen molar-refractivity contribution < 1.29 is 9.84 Å². The number of hydrogen-bond donors (Lipinski definition) is 2. The van der Waals surface area contributed by atoms with E-state index in [-0.39, 0.29) is 6.04 Å². The Morgan fingerprint density at radius 3 is 2.51 bits per heavy atom. The second kappa shape index (κ2) is 10.4. The third-order valence-corrected chi connectivity index (χ3v) is 8.79. The Morgan fingerprint density at radius 1 is 1.05 bits per heavy atom. The van der Waals surface area contributed by atoms with Crippen LogP contribution in [0.3, 0.4) is 0 Å². The standard InChI is InChI=1S/C29H40N6O2/c1-18-14-24(16-31-28(18)22-8-11-34(12-9-22)26-10-13-37-20(26)3)33-29(36)25-17-32-35(19(25)2)27-7-6-23(15-30-27)21-4-5-21/h6-7,14-15,17,20-22,24,26,29,33,36H,4-5,8-13,16H2,1-3H3/t20?,24?,26?,29-/m0/s1. The van der Waals surface area contributed by atoms with E-state index in [0.717, 1.165) is 56.0 Å². The molecule has 3 unspecified atom stereocenters. The molecule has 2 aromatic heterocycles. The summed E-state index contributed by atoms with van der Waals surface area (Å²) in [5.41, 5.74) is 5.46. The van der Waals surface area contributed by atoms with Crippen LogP contribution >= 0.6 is 0 Å². The highest BCUT2D eigenvalue weighted by Crippen LogP contribution is 2.39. The number of nitrogens with one attached hydrogen (secondary N) is 1. The Labute approximate surface area is 219 Å². The van der Waals surface area contributed by atoms with E-state index < -0.39 is 6.23 Å².